The van der Waals surface area contributed by atoms with Crippen LogP contribution in [0.15, 0.2) is 24.4 Å². The van der Waals surface area contributed by atoms with Gasteiger partial charge >= 0.3 is 0 Å². The molecule has 0 amide bonds. The van der Waals surface area contributed by atoms with Crippen molar-refractivity contribution in [1.29, 1.82) is 0 Å². The highest BCUT2D eigenvalue weighted by Crippen LogP contribution is 2.23. The van der Waals surface area contributed by atoms with Gasteiger partial charge in [0.1, 0.15) is 11.5 Å². The fourth-order valence-electron chi connectivity index (χ4n) is 1.32. The van der Waals surface area contributed by atoms with Crippen LogP contribution in [0.1, 0.15) is 19.9 Å². The standard InChI is InChI=1S/C11H11ClFN3/c1-7(2)16-6-11(14-15-16)8-3-4-10(13)9(12)5-8/h3-7H,1-2H3. The van der Waals surface area contributed by atoms with Crippen LogP contribution in [0.25, 0.3) is 11.3 Å². The van der Waals surface area contributed by atoms with Crippen LogP contribution in [-0.2, 0) is 0 Å². The Morgan fingerprint density at radius 2 is 2.12 bits per heavy atom. The van der Waals surface area contributed by atoms with Gasteiger partial charge < -0.3 is 0 Å². The van der Waals surface area contributed by atoms with Gasteiger partial charge in [0.05, 0.1) is 11.2 Å². The van der Waals surface area contributed by atoms with Gasteiger partial charge in [-0.3, -0.25) is 0 Å². The molecule has 0 aliphatic rings. The lowest BCUT2D eigenvalue weighted by Gasteiger charge is -2.01. The van der Waals surface area contributed by atoms with Gasteiger partial charge in [-0.2, -0.15) is 0 Å². The molecular weight excluding hydrogens is 229 g/mol. The van der Waals surface area contributed by atoms with Crippen molar-refractivity contribution in [2.45, 2.75) is 19.9 Å². The van der Waals surface area contributed by atoms with Crippen LogP contribution >= 0.6 is 11.6 Å². The number of benzene rings is 1. The first-order valence-corrected chi connectivity index (χ1v) is 5.33. The van der Waals surface area contributed by atoms with Gasteiger partial charge in [-0.1, -0.05) is 16.8 Å². The highest BCUT2D eigenvalue weighted by molar-refractivity contribution is 6.31. The van der Waals surface area contributed by atoms with Gasteiger partial charge in [0.25, 0.3) is 0 Å². The second-order valence-corrected chi connectivity index (χ2v) is 4.21. The van der Waals surface area contributed by atoms with Crippen LogP contribution in [0.5, 0.6) is 0 Å². The Hall–Kier alpha value is -1.42. The summed E-state index contributed by atoms with van der Waals surface area (Å²) in [6, 6.07) is 4.75. The summed E-state index contributed by atoms with van der Waals surface area (Å²) in [5.74, 6) is -0.429. The number of hydrogen-bond acceptors (Lipinski definition) is 2. The first-order valence-electron chi connectivity index (χ1n) is 4.95. The summed E-state index contributed by atoms with van der Waals surface area (Å²) in [4.78, 5) is 0. The van der Waals surface area contributed by atoms with E-state index in [-0.39, 0.29) is 11.1 Å². The molecule has 3 nitrogen and oxygen atoms in total. The van der Waals surface area contributed by atoms with Crippen molar-refractivity contribution in [3.05, 3.63) is 35.2 Å². The second kappa shape index (κ2) is 4.22. The summed E-state index contributed by atoms with van der Waals surface area (Å²) in [6.07, 6.45) is 1.81. The zero-order valence-electron chi connectivity index (χ0n) is 8.98. The smallest absolute Gasteiger partial charge is 0.141 e. The molecule has 5 heteroatoms. The monoisotopic (exact) mass is 239 g/mol. The van der Waals surface area contributed by atoms with E-state index < -0.39 is 5.82 Å². The number of halogens is 2. The molecule has 0 bridgehead atoms. The maximum Gasteiger partial charge on any atom is 0.141 e. The normalized spacial score (nSPS) is 11.1. The molecule has 16 heavy (non-hydrogen) atoms. The minimum atomic E-state index is -0.429. The Morgan fingerprint density at radius 1 is 1.38 bits per heavy atom. The van der Waals surface area contributed by atoms with Gasteiger partial charge in [-0.15, -0.1) is 5.10 Å². The molecule has 84 valence electrons. The molecule has 1 aromatic carbocycles. The van der Waals surface area contributed by atoms with Crippen molar-refractivity contribution in [3.8, 4) is 11.3 Å². The van der Waals surface area contributed by atoms with E-state index in [1.54, 1.807) is 16.8 Å². The number of hydrogen-bond donors (Lipinski definition) is 0. The molecule has 0 aliphatic heterocycles. The highest BCUT2D eigenvalue weighted by Gasteiger charge is 2.08. The molecule has 0 N–H and O–H groups in total. The highest BCUT2D eigenvalue weighted by atomic mass is 35.5. The average Bonchev–Trinajstić information content (AvgIpc) is 2.71. The minimum Gasteiger partial charge on any atom is -0.249 e. The van der Waals surface area contributed by atoms with Gasteiger partial charge in [-0.25, -0.2) is 9.07 Å². The molecule has 1 heterocycles. The Morgan fingerprint density at radius 3 is 2.69 bits per heavy atom. The Labute approximate surface area is 97.8 Å². The number of rotatable bonds is 2. The van der Waals surface area contributed by atoms with Crippen LogP contribution < -0.4 is 0 Å². The van der Waals surface area contributed by atoms with Crippen molar-refractivity contribution in [2.75, 3.05) is 0 Å². The zero-order chi connectivity index (χ0) is 11.7. The van der Waals surface area contributed by atoms with E-state index >= 15 is 0 Å². The van der Waals surface area contributed by atoms with Crippen molar-refractivity contribution < 1.29 is 4.39 Å². The summed E-state index contributed by atoms with van der Waals surface area (Å²) in [5, 5.41) is 8.08. The van der Waals surface area contributed by atoms with E-state index in [0.29, 0.717) is 5.69 Å². The number of nitrogens with zero attached hydrogens (tertiary/aromatic N) is 3. The molecule has 0 saturated heterocycles. The van der Waals surface area contributed by atoms with Crippen molar-refractivity contribution >= 4 is 11.6 Å². The fraction of sp³-hybridized carbons (Fsp3) is 0.273. The van der Waals surface area contributed by atoms with Gasteiger partial charge in [0, 0.05) is 11.6 Å². The molecule has 0 aliphatic carbocycles. The van der Waals surface area contributed by atoms with Crippen LogP contribution in [0.4, 0.5) is 4.39 Å². The SMILES string of the molecule is CC(C)n1cc(-c2ccc(F)c(Cl)c2)nn1. The van der Waals surface area contributed by atoms with Gasteiger partial charge in [0.2, 0.25) is 0 Å². The number of aromatic nitrogens is 3. The lowest BCUT2D eigenvalue weighted by molar-refractivity contribution is 0.514. The second-order valence-electron chi connectivity index (χ2n) is 3.81. The van der Waals surface area contributed by atoms with Crippen LogP contribution in [-0.4, -0.2) is 15.0 Å². The zero-order valence-corrected chi connectivity index (χ0v) is 9.74. The molecule has 2 aromatic rings. The largest absolute Gasteiger partial charge is 0.249 e. The predicted molar refractivity (Wildman–Crippen MR) is 60.8 cm³/mol. The summed E-state index contributed by atoms with van der Waals surface area (Å²) in [6.45, 7) is 4.02. The predicted octanol–water partition coefficient (Wildman–Crippen LogP) is 3.32. The topological polar surface area (TPSA) is 30.7 Å². The maximum absolute atomic E-state index is 13.0. The summed E-state index contributed by atoms with van der Waals surface area (Å²) in [5.41, 5.74) is 1.45. The quantitative estimate of drug-likeness (QED) is 0.805. The van der Waals surface area contributed by atoms with E-state index in [9.17, 15) is 4.39 Å². The lowest BCUT2D eigenvalue weighted by atomic mass is 10.2. The molecule has 0 spiro atoms. The third-order valence-electron chi connectivity index (χ3n) is 2.25. The van der Waals surface area contributed by atoms with E-state index in [2.05, 4.69) is 10.3 Å². The molecule has 0 radical (unpaired) electrons. The third kappa shape index (κ3) is 2.07. The van der Waals surface area contributed by atoms with Gasteiger partial charge in [0.15, 0.2) is 0 Å². The summed E-state index contributed by atoms with van der Waals surface area (Å²) < 4.78 is 14.7. The van der Waals surface area contributed by atoms with Crippen LogP contribution in [0, 0.1) is 5.82 Å². The van der Waals surface area contributed by atoms with E-state index in [1.165, 1.54) is 6.07 Å². The Bertz CT molecular complexity index is 508. The Balaban J connectivity index is 2.39. The molecule has 0 atom stereocenters. The van der Waals surface area contributed by atoms with E-state index in [0.717, 1.165) is 5.56 Å². The molecule has 2 rings (SSSR count). The molecule has 1 aromatic heterocycles. The third-order valence-corrected chi connectivity index (χ3v) is 2.54. The Kier molecular flexibility index (Phi) is 2.92. The van der Waals surface area contributed by atoms with E-state index in [1.807, 2.05) is 20.0 Å². The minimum absolute atomic E-state index is 0.0941. The molecule has 0 unspecified atom stereocenters. The van der Waals surface area contributed by atoms with Crippen LogP contribution in [0.2, 0.25) is 5.02 Å². The summed E-state index contributed by atoms with van der Waals surface area (Å²) >= 11 is 5.70. The van der Waals surface area contributed by atoms with Crippen molar-refractivity contribution in [3.63, 3.8) is 0 Å². The lowest BCUT2D eigenvalue weighted by Crippen LogP contribution is -2.00. The molecule has 0 fully saturated rings. The molecular formula is C11H11ClFN3. The maximum atomic E-state index is 13.0. The van der Waals surface area contributed by atoms with Crippen molar-refractivity contribution in [1.82, 2.24) is 15.0 Å². The summed E-state index contributed by atoms with van der Waals surface area (Å²) in [7, 11) is 0. The van der Waals surface area contributed by atoms with Gasteiger partial charge in [-0.05, 0) is 32.0 Å². The first kappa shape index (κ1) is 11.1. The molecule has 0 saturated carbocycles. The average molecular weight is 240 g/mol. The van der Waals surface area contributed by atoms with Crippen LogP contribution in [0.3, 0.4) is 0 Å². The first-order chi connectivity index (χ1) is 7.58. The van der Waals surface area contributed by atoms with Crippen molar-refractivity contribution in [2.24, 2.45) is 0 Å². The fourth-order valence-corrected chi connectivity index (χ4v) is 1.50. The van der Waals surface area contributed by atoms with E-state index in [4.69, 9.17) is 11.6 Å².